The van der Waals surface area contributed by atoms with E-state index < -0.39 is 5.97 Å². The third-order valence-corrected chi connectivity index (χ3v) is 4.75. The number of hydrogen-bond donors (Lipinski definition) is 0. The zero-order chi connectivity index (χ0) is 19.2. The van der Waals surface area contributed by atoms with Crippen molar-refractivity contribution in [3.8, 4) is 0 Å². The van der Waals surface area contributed by atoms with Crippen LogP contribution in [-0.4, -0.2) is 42.0 Å². The van der Waals surface area contributed by atoms with Gasteiger partial charge in [-0.15, -0.1) is 0 Å². The topological polar surface area (TPSA) is 79.3 Å². The lowest BCUT2D eigenvalue weighted by molar-refractivity contribution is -0.146. The van der Waals surface area contributed by atoms with Crippen molar-refractivity contribution in [1.29, 1.82) is 0 Å². The maximum Gasteiger partial charge on any atom is 0.355 e. The van der Waals surface area contributed by atoms with Gasteiger partial charge in [-0.25, -0.2) is 9.80 Å². The summed E-state index contributed by atoms with van der Waals surface area (Å²) in [5, 5.41) is 9.22. The van der Waals surface area contributed by atoms with E-state index in [0.717, 1.165) is 5.56 Å². The highest BCUT2D eigenvalue weighted by Crippen LogP contribution is 2.20. The number of nitrogens with zero attached hydrogens (tertiary/aromatic N) is 3. The SMILES string of the molecule is CN(Cc1ccsc1)C(=O)COC(=O)C1=NN(c2ccccc2)C(=O)CC1. The summed E-state index contributed by atoms with van der Waals surface area (Å²) >= 11 is 1.56. The zero-order valence-electron chi connectivity index (χ0n) is 14.8. The van der Waals surface area contributed by atoms with Gasteiger partial charge in [0, 0.05) is 26.4 Å². The third kappa shape index (κ3) is 4.79. The number of rotatable bonds is 6. The summed E-state index contributed by atoms with van der Waals surface area (Å²) in [5.74, 6) is -1.17. The van der Waals surface area contributed by atoms with Crippen LogP contribution in [0.15, 0.2) is 52.3 Å². The number of anilines is 1. The van der Waals surface area contributed by atoms with E-state index >= 15 is 0 Å². The minimum Gasteiger partial charge on any atom is -0.451 e. The molecule has 0 unspecified atom stereocenters. The summed E-state index contributed by atoms with van der Waals surface area (Å²) in [6.07, 6.45) is 0.356. The molecule has 1 aliphatic heterocycles. The molecule has 8 heteroatoms. The van der Waals surface area contributed by atoms with Crippen molar-refractivity contribution in [2.75, 3.05) is 18.7 Å². The van der Waals surface area contributed by atoms with Gasteiger partial charge < -0.3 is 9.64 Å². The Labute approximate surface area is 160 Å². The Hall–Kier alpha value is -3.00. The van der Waals surface area contributed by atoms with E-state index in [9.17, 15) is 14.4 Å². The van der Waals surface area contributed by atoms with Crippen molar-refractivity contribution < 1.29 is 19.1 Å². The van der Waals surface area contributed by atoms with Gasteiger partial charge in [-0.1, -0.05) is 18.2 Å². The molecule has 1 aromatic heterocycles. The number of esters is 1. The quantitative estimate of drug-likeness (QED) is 0.716. The van der Waals surface area contributed by atoms with Crippen LogP contribution in [0, 0.1) is 0 Å². The summed E-state index contributed by atoms with van der Waals surface area (Å²) in [4.78, 5) is 38.0. The van der Waals surface area contributed by atoms with Gasteiger partial charge in [0.05, 0.1) is 5.69 Å². The summed E-state index contributed by atoms with van der Waals surface area (Å²) in [5.41, 5.74) is 1.74. The first-order valence-corrected chi connectivity index (χ1v) is 9.36. The van der Waals surface area contributed by atoms with E-state index in [-0.39, 0.29) is 37.0 Å². The second-order valence-electron chi connectivity index (χ2n) is 6.05. The van der Waals surface area contributed by atoms with Crippen LogP contribution in [-0.2, 0) is 25.7 Å². The standard InChI is InChI=1S/C19H19N3O4S/c1-21(11-14-9-10-27-13-14)18(24)12-26-19(25)16-7-8-17(23)22(20-16)15-5-3-2-4-6-15/h2-6,9-10,13H,7-8,11-12H2,1H3. The second-order valence-corrected chi connectivity index (χ2v) is 6.83. The number of carbonyl (C=O) groups excluding carboxylic acids is 3. The van der Waals surface area contributed by atoms with E-state index in [1.165, 1.54) is 9.91 Å². The predicted molar refractivity (Wildman–Crippen MR) is 102 cm³/mol. The number of para-hydroxylation sites is 1. The van der Waals surface area contributed by atoms with Crippen molar-refractivity contribution in [1.82, 2.24) is 4.90 Å². The Morgan fingerprint density at radius 1 is 1.22 bits per heavy atom. The van der Waals surface area contributed by atoms with E-state index in [1.807, 2.05) is 22.9 Å². The predicted octanol–water partition coefficient (Wildman–Crippen LogP) is 2.43. The molecule has 1 aliphatic rings. The fourth-order valence-electron chi connectivity index (χ4n) is 2.54. The highest BCUT2D eigenvalue weighted by atomic mass is 32.1. The largest absolute Gasteiger partial charge is 0.451 e. The lowest BCUT2D eigenvalue weighted by atomic mass is 10.1. The minimum absolute atomic E-state index is 0.131. The average molecular weight is 385 g/mol. The Balaban J connectivity index is 1.58. The van der Waals surface area contributed by atoms with E-state index in [4.69, 9.17) is 4.74 Å². The molecule has 0 spiro atoms. The Morgan fingerprint density at radius 2 is 2.00 bits per heavy atom. The number of hydrazone groups is 1. The lowest BCUT2D eigenvalue weighted by Crippen LogP contribution is -2.36. The first kappa shape index (κ1) is 18.8. The molecular weight excluding hydrogens is 366 g/mol. The number of hydrogen-bond acceptors (Lipinski definition) is 6. The van der Waals surface area contributed by atoms with Crippen LogP contribution in [0.2, 0.25) is 0 Å². The van der Waals surface area contributed by atoms with Gasteiger partial charge in [0.15, 0.2) is 6.61 Å². The van der Waals surface area contributed by atoms with Crippen LogP contribution in [0.4, 0.5) is 5.69 Å². The molecule has 0 atom stereocenters. The summed E-state index contributed by atoms with van der Waals surface area (Å²) in [6.45, 7) is 0.0922. The molecule has 2 aromatic rings. The molecule has 1 aromatic carbocycles. The maximum absolute atomic E-state index is 12.3. The summed E-state index contributed by atoms with van der Waals surface area (Å²) in [7, 11) is 1.65. The molecule has 0 N–H and O–H groups in total. The highest BCUT2D eigenvalue weighted by molar-refractivity contribution is 7.07. The van der Waals surface area contributed by atoms with Gasteiger partial charge >= 0.3 is 5.97 Å². The molecule has 27 heavy (non-hydrogen) atoms. The van der Waals surface area contributed by atoms with Gasteiger partial charge in [-0.05, 0) is 34.5 Å². The first-order valence-electron chi connectivity index (χ1n) is 8.42. The van der Waals surface area contributed by atoms with Gasteiger partial charge in [-0.2, -0.15) is 16.4 Å². The Kier molecular flexibility index (Phi) is 5.97. The number of likely N-dealkylation sites (N-methyl/N-ethyl adjacent to an activating group) is 1. The number of amides is 2. The monoisotopic (exact) mass is 385 g/mol. The van der Waals surface area contributed by atoms with E-state index in [1.54, 1.807) is 42.6 Å². The van der Waals surface area contributed by atoms with Crippen LogP contribution in [0.5, 0.6) is 0 Å². The molecule has 140 valence electrons. The summed E-state index contributed by atoms with van der Waals surface area (Å²) < 4.78 is 5.11. The molecule has 0 bridgehead atoms. The third-order valence-electron chi connectivity index (χ3n) is 4.02. The van der Waals surface area contributed by atoms with Crippen LogP contribution >= 0.6 is 11.3 Å². The number of thiophene rings is 1. The Morgan fingerprint density at radius 3 is 2.70 bits per heavy atom. The first-order chi connectivity index (χ1) is 13.0. The molecule has 3 rings (SSSR count). The summed E-state index contributed by atoms with van der Waals surface area (Å²) in [6, 6.07) is 10.8. The smallest absolute Gasteiger partial charge is 0.355 e. The normalized spacial score (nSPS) is 13.9. The van der Waals surface area contributed by atoms with Crippen molar-refractivity contribution in [3.05, 3.63) is 52.7 Å². The Bertz CT molecular complexity index is 849. The van der Waals surface area contributed by atoms with Gasteiger partial charge in [0.2, 0.25) is 5.91 Å². The molecular formula is C19H19N3O4S. The highest BCUT2D eigenvalue weighted by Gasteiger charge is 2.27. The van der Waals surface area contributed by atoms with Crippen LogP contribution in [0.25, 0.3) is 0 Å². The van der Waals surface area contributed by atoms with Crippen molar-refractivity contribution in [3.63, 3.8) is 0 Å². The van der Waals surface area contributed by atoms with Gasteiger partial charge in [0.1, 0.15) is 5.71 Å². The molecule has 2 heterocycles. The molecule has 2 amide bonds. The zero-order valence-corrected chi connectivity index (χ0v) is 15.6. The molecule has 0 saturated carbocycles. The van der Waals surface area contributed by atoms with Crippen molar-refractivity contribution in [2.45, 2.75) is 19.4 Å². The van der Waals surface area contributed by atoms with Crippen molar-refractivity contribution >= 4 is 40.5 Å². The molecule has 0 saturated heterocycles. The minimum atomic E-state index is -0.680. The molecule has 0 radical (unpaired) electrons. The number of carbonyl (C=O) groups is 3. The van der Waals surface area contributed by atoms with Gasteiger partial charge in [0.25, 0.3) is 5.91 Å². The number of ether oxygens (including phenoxy) is 1. The van der Waals surface area contributed by atoms with Crippen molar-refractivity contribution in [2.24, 2.45) is 5.10 Å². The van der Waals surface area contributed by atoms with Crippen LogP contribution in [0.3, 0.4) is 0 Å². The van der Waals surface area contributed by atoms with Crippen LogP contribution in [0.1, 0.15) is 18.4 Å². The fourth-order valence-corrected chi connectivity index (χ4v) is 3.20. The molecule has 0 aliphatic carbocycles. The molecule has 7 nitrogen and oxygen atoms in total. The lowest BCUT2D eigenvalue weighted by Gasteiger charge is -2.23. The maximum atomic E-state index is 12.3. The van der Waals surface area contributed by atoms with E-state index in [2.05, 4.69) is 5.10 Å². The average Bonchev–Trinajstić information content (AvgIpc) is 3.19. The number of benzene rings is 1. The fraction of sp³-hybridized carbons (Fsp3) is 0.263. The second kappa shape index (κ2) is 8.59. The van der Waals surface area contributed by atoms with E-state index in [0.29, 0.717) is 12.2 Å². The van der Waals surface area contributed by atoms with Crippen LogP contribution < -0.4 is 5.01 Å². The molecule has 0 fully saturated rings. The van der Waals surface area contributed by atoms with Gasteiger partial charge in [-0.3, -0.25) is 9.59 Å².